The highest BCUT2D eigenvalue weighted by molar-refractivity contribution is 7.47. The Morgan fingerprint density at radius 2 is 1.41 bits per heavy atom. The van der Waals surface area contributed by atoms with Gasteiger partial charge in [-0.05, 0) is 6.92 Å². The summed E-state index contributed by atoms with van der Waals surface area (Å²) in [6, 6.07) is 0. The summed E-state index contributed by atoms with van der Waals surface area (Å²) in [7, 11) is -14.3. The summed E-state index contributed by atoms with van der Waals surface area (Å²) in [6.07, 6.45) is -13.7. The third-order valence-electron chi connectivity index (χ3n) is 8.69. The highest BCUT2D eigenvalue weighted by atomic mass is 31.2. The molecule has 32 heteroatoms. The van der Waals surface area contributed by atoms with Crippen LogP contribution in [0.2, 0.25) is 0 Å². The monoisotopic (exact) mass is 893 g/mol. The van der Waals surface area contributed by atoms with Gasteiger partial charge in [-0.15, -0.1) is 0 Å². The van der Waals surface area contributed by atoms with Crippen molar-refractivity contribution in [3.63, 3.8) is 0 Å². The van der Waals surface area contributed by atoms with Crippen LogP contribution in [0.5, 0.6) is 0 Å². The first kappa shape index (κ1) is 45.7. The van der Waals surface area contributed by atoms with Crippen molar-refractivity contribution in [2.75, 3.05) is 66.3 Å². The van der Waals surface area contributed by atoms with Crippen molar-refractivity contribution >= 4 is 52.7 Å². The topological polar surface area (TPSA) is 431 Å². The lowest BCUT2D eigenvalue weighted by Crippen LogP contribution is -2.45. The number of nitrogens with one attached hydrogen (secondary N) is 2. The number of hydrogen-bond donors (Lipinski definition) is 12. The Labute approximate surface area is 325 Å². The third kappa shape index (κ3) is 10.5. The summed E-state index contributed by atoms with van der Waals surface area (Å²) in [5, 5.41) is 42.5. The third-order valence-corrected chi connectivity index (χ3v) is 11.2. The SMILES string of the molecule is C=CN(c1nc(N)[nH]c(=O)c1C)[C@@H]1O[C@H](COP(=O)(O)OCC(COP(=O)(O)OC[C@H]2O[C@@H](N3CN(C)c4c3nc(N)[nH]c4=O)[C@H](O)[C@@H]2O)OP(=O)(O)O)[C@@H](O)[C@H]1O. The lowest BCUT2D eigenvalue weighted by atomic mass is 10.1. The molecule has 14 N–H and O–H groups in total. The number of aromatic amines is 2. The van der Waals surface area contributed by atoms with Gasteiger partial charge in [0.05, 0.1) is 38.7 Å². The standard InChI is InChI=1S/C26H42N9O20P3/c1-4-34(19-10(2)21(40)31-25(27)29-19)23-17(38)15(36)12(53-23)7-51-57(45,46)49-5-11(55-56(42,43)44)6-50-58(47,48)52-8-13-16(37)18(39)24(54-13)35-9-33(3)14-20(35)30-26(28)32-22(14)41/h4,11-13,15-18,23-24,36-39H,1,5-9H2,2-3H3,(H,45,46)(H,47,48)(H2,42,43,44)(H3,27,29,31,40)(H3,28,30,32,41)/t11?,12-,13-,15-,16-,17-,18-,23-,24-/m1/s1. The second-order valence-electron chi connectivity index (χ2n) is 12.9. The molecular weight excluding hydrogens is 851 g/mol. The van der Waals surface area contributed by atoms with Gasteiger partial charge < -0.3 is 75.6 Å². The average molecular weight is 894 g/mol. The highest BCUT2D eigenvalue weighted by Crippen LogP contribution is 2.48. The second-order valence-corrected chi connectivity index (χ2v) is 17.0. The molecule has 0 spiro atoms. The van der Waals surface area contributed by atoms with Gasteiger partial charge in [0.25, 0.3) is 11.1 Å². The first-order valence-corrected chi connectivity index (χ1v) is 21.1. The molecule has 0 aliphatic carbocycles. The Balaban J connectivity index is 1.14. The maximum absolute atomic E-state index is 12.7. The van der Waals surface area contributed by atoms with E-state index in [0.29, 0.717) is 0 Å². The van der Waals surface area contributed by atoms with E-state index in [-0.39, 0.29) is 41.5 Å². The molecule has 58 heavy (non-hydrogen) atoms. The van der Waals surface area contributed by atoms with Crippen molar-refractivity contribution in [1.29, 1.82) is 0 Å². The van der Waals surface area contributed by atoms with Crippen LogP contribution in [-0.2, 0) is 45.8 Å². The first-order chi connectivity index (χ1) is 26.9. The molecule has 3 aliphatic heterocycles. The van der Waals surface area contributed by atoms with E-state index in [2.05, 4.69) is 31.0 Å². The van der Waals surface area contributed by atoms with E-state index in [1.807, 2.05) is 0 Å². The van der Waals surface area contributed by atoms with Gasteiger partial charge in [-0.3, -0.25) is 42.2 Å². The molecule has 5 heterocycles. The molecule has 0 bridgehead atoms. The molecule has 2 aromatic heterocycles. The van der Waals surface area contributed by atoms with E-state index < -0.39 is 116 Å². The number of phosphoric ester groups is 3. The summed E-state index contributed by atoms with van der Waals surface area (Å²) in [5.41, 5.74) is 10.2. The summed E-state index contributed by atoms with van der Waals surface area (Å²) in [6.45, 7) is 0.596. The number of rotatable bonds is 18. The fourth-order valence-electron chi connectivity index (χ4n) is 5.97. The quantitative estimate of drug-likeness (QED) is 0.0632. The number of nitrogen functional groups attached to an aromatic ring is 2. The van der Waals surface area contributed by atoms with Crippen molar-refractivity contribution in [2.24, 2.45) is 0 Å². The minimum atomic E-state index is -5.42. The van der Waals surface area contributed by atoms with E-state index in [0.717, 1.165) is 11.1 Å². The molecule has 2 aromatic rings. The largest absolute Gasteiger partial charge is 0.472 e. The fraction of sp³-hybridized carbons (Fsp3) is 0.615. The predicted octanol–water partition coefficient (Wildman–Crippen LogP) is -4.17. The molecule has 2 saturated heterocycles. The number of hydrogen-bond acceptors (Lipinski definition) is 23. The molecule has 11 atom stereocenters. The molecule has 5 rings (SSSR count). The maximum atomic E-state index is 12.7. The van der Waals surface area contributed by atoms with Crippen molar-refractivity contribution < 1.29 is 85.8 Å². The molecule has 3 aliphatic rings. The average Bonchev–Trinajstić information content (AvgIpc) is 3.71. The number of aromatic nitrogens is 4. The molecule has 0 saturated carbocycles. The lowest BCUT2D eigenvalue weighted by molar-refractivity contribution is -0.0301. The number of phosphoric acid groups is 3. The number of nitrogens with zero attached hydrogens (tertiary/aromatic N) is 5. The van der Waals surface area contributed by atoms with E-state index in [9.17, 15) is 63.3 Å². The number of aliphatic hydroxyl groups excluding tert-OH is 4. The van der Waals surface area contributed by atoms with Crippen LogP contribution in [0, 0.1) is 6.92 Å². The van der Waals surface area contributed by atoms with Gasteiger partial charge in [0, 0.05) is 13.2 Å². The van der Waals surface area contributed by atoms with Crippen LogP contribution in [0.25, 0.3) is 0 Å². The van der Waals surface area contributed by atoms with Crippen LogP contribution in [0.1, 0.15) is 5.56 Å². The summed E-state index contributed by atoms with van der Waals surface area (Å²) in [5.74, 6) is -0.616. The Hall–Kier alpha value is -3.41. The van der Waals surface area contributed by atoms with Gasteiger partial charge in [-0.25, -0.2) is 13.7 Å². The number of nitrogens with two attached hydrogens (primary N) is 2. The van der Waals surface area contributed by atoms with Crippen LogP contribution in [-0.4, -0.2) is 155 Å². The predicted molar refractivity (Wildman–Crippen MR) is 193 cm³/mol. The van der Waals surface area contributed by atoms with E-state index in [1.165, 1.54) is 23.8 Å². The number of H-pyrrole nitrogens is 2. The zero-order valence-electron chi connectivity index (χ0n) is 30.2. The van der Waals surface area contributed by atoms with Gasteiger partial charge in [-0.1, -0.05) is 6.58 Å². The van der Waals surface area contributed by atoms with E-state index >= 15 is 0 Å². The molecule has 3 unspecified atom stereocenters. The van der Waals surface area contributed by atoms with Crippen molar-refractivity contribution in [2.45, 2.75) is 62.1 Å². The summed E-state index contributed by atoms with van der Waals surface area (Å²) in [4.78, 5) is 80.2. The maximum Gasteiger partial charge on any atom is 0.472 e. The van der Waals surface area contributed by atoms with Crippen LogP contribution < -0.4 is 37.3 Å². The van der Waals surface area contributed by atoms with Gasteiger partial charge >= 0.3 is 23.5 Å². The minimum Gasteiger partial charge on any atom is -0.387 e. The minimum absolute atomic E-state index is 0.0170. The Bertz CT molecular complexity index is 2090. The summed E-state index contributed by atoms with van der Waals surface area (Å²) < 4.78 is 71.8. The Morgan fingerprint density at radius 3 is 1.98 bits per heavy atom. The smallest absolute Gasteiger partial charge is 0.387 e. The first-order valence-electron chi connectivity index (χ1n) is 16.6. The van der Waals surface area contributed by atoms with Crippen LogP contribution in [0.15, 0.2) is 22.4 Å². The molecular formula is C26H42N9O20P3. The van der Waals surface area contributed by atoms with Gasteiger partial charge in [0.2, 0.25) is 11.9 Å². The van der Waals surface area contributed by atoms with E-state index in [4.69, 9.17) is 39.0 Å². The molecule has 326 valence electrons. The molecule has 0 aromatic carbocycles. The highest BCUT2D eigenvalue weighted by Gasteiger charge is 2.50. The number of fused-ring (bicyclic) bond motifs is 1. The molecule has 0 radical (unpaired) electrons. The number of ether oxygens (including phenoxy) is 2. The Morgan fingerprint density at radius 1 is 0.879 bits per heavy atom. The normalized spacial score (nSPS) is 28.6. The molecule has 0 amide bonds. The number of aliphatic hydroxyl groups is 4. The van der Waals surface area contributed by atoms with Crippen molar-refractivity contribution in [3.05, 3.63) is 39.0 Å². The van der Waals surface area contributed by atoms with Crippen LogP contribution in [0.4, 0.5) is 29.2 Å². The fourth-order valence-corrected chi connectivity index (χ4v) is 8.01. The summed E-state index contributed by atoms with van der Waals surface area (Å²) >= 11 is 0. The molecule has 29 nitrogen and oxygen atoms in total. The van der Waals surface area contributed by atoms with Gasteiger partial charge in [-0.2, -0.15) is 9.97 Å². The second kappa shape index (κ2) is 17.7. The molecule has 2 fully saturated rings. The van der Waals surface area contributed by atoms with Crippen molar-refractivity contribution in [3.8, 4) is 0 Å². The zero-order chi connectivity index (χ0) is 43.1. The van der Waals surface area contributed by atoms with Crippen molar-refractivity contribution in [1.82, 2.24) is 19.9 Å². The van der Waals surface area contributed by atoms with Gasteiger partial charge in [0.15, 0.2) is 18.3 Å². The van der Waals surface area contributed by atoms with E-state index in [1.54, 1.807) is 0 Å². The van der Waals surface area contributed by atoms with Crippen LogP contribution in [0.3, 0.4) is 0 Å². The van der Waals surface area contributed by atoms with Crippen LogP contribution >= 0.6 is 23.5 Å². The zero-order valence-corrected chi connectivity index (χ0v) is 32.9. The number of anilines is 5. The van der Waals surface area contributed by atoms with Gasteiger partial charge in [0.1, 0.15) is 54.2 Å². The Kier molecular flexibility index (Phi) is 13.9. The lowest BCUT2D eigenvalue weighted by Gasteiger charge is -2.29.